The summed E-state index contributed by atoms with van der Waals surface area (Å²) in [5.74, 6) is -1.68. The summed E-state index contributed by atoms with van der Waals surface area (Å²) >= 11 is 0. The first-order valence-corrected chi connectivity index (χ1v) is 8.03. The van der Waals surface area contributed by atoms with Gasteiger partial charge in [-0.3, -0.25) is 4.79 Å². The Morgan fingerprint density at radius 3 is 1.50 bits per heavy atom. The van der Waals surface area contributed by atoms with Gasteiger partial charge in [-0.25, -0.2) is 9.59 Å². The first-order valence-electron chi connectivity index (χ1n) is 8.03. The van der Waals surface area contributed by atoms with Crippen LogP contribution < -0.4 is 0 Å². The van der Waals surface area contributed by atoms with E-state index in [0.29, 0.717) is 11.1 Å². The minimum Gasteiger partial charge on any atom is -0.458 e. The van der Waals surface area contributed by atoms with Crippen LogP contribution in [0.3, 0.4) is 0 Å². The summed E-state index contributed by atoms with van der Waals surface area (Å²) in [6, 6.07) is 16.9. The summed E-state index contributed by atoms with van der Waals surface area (Å²) in [4.78, 5) is 35.5. The molecule has 0 saturated carbocycles. The zero-order valence-electron chi connectivity index (χ0n) is 14.6. The van der Waals surface area contributed by atoms with E-state index in [1.54, 1.807) is 60.7 Å². The molecule has 2 aromatic rings. The van der Waals surface area contributed by atoms with E-state index in [1.165, 1.54) is 13.8 Å². The van der Waals surface area contributed by atoms with Gasteiger partial charge in [-0.2, -0.15) is 0 Å². The molecule has 0 aliphatic heterocycles. The van der Waals surface area contributed by atoms with Crippen molar-refractivity contribution in [2.45, 2.75) is 19.4 Å². The molecule has 0 bridgehead atoms. The molecule has 0 fully saturated rings. The Bertz CT molecular complexity index is 699. The van der Waals surface area contributed by atoms with Gasteiger partial charge in [0.25, 0.3) is 0 Å². The number of hydrogen-bond acceptors (Lipinski definition) is 6. The van der Waals surface area contributed by atoms with Gasteiger partial charge in [-0.15, -0.1) is 0 Å². The van der Waals surface area contributed by atoms with Crippen LogP contribution in [0.25, 0.3) is 0 Å². The van der Waals surface area contributed by atoms with Crippen LogP contribution in [0, 0.1) is 0 Å². The molecule has 6 nitrogen and oxygen atoms in total. The second kappa shape index (κ2) is 8.80. The van der Waals surface area contributed by atoms with Gasteiger partial charge in [-0.1, -0.05) is 36.4 Å². The van der Waals surface area contributed by atoms with Crippen LogP contribution in [0.4, 0.5) is 0 Å². The highest BCUT2D eigenvalue weighted by atomic mass is 16.6. The highest BCUT2D eigenvalue weighted by Gasteiger charge is 2.32. The van der Waals surface area contributed by atoms with Crippen molar-refractivity contribution in [1.29, 1.82) is 0 Å². The lowest BCUT2D eigenvalue weighted by molar-refractivity contribution is -0.164. The van der Waals surface area contributed by atoms with Crippen LogP contribution in [-0.2, 0) is 19.0 Å². The SMILES string of the molecule is CC(=O)OC(C)(COC(=O)c1ccccc1)COC(=O)c1ccccc1. The molecule has 136 valence electrons. The zero-order chi connectivity index (χ0) is 19.0. The summed E-state index contributed by atoms with van der Waals surface area (Å²) in [5.41, 5.74) is -0.543. The maximum atomic E-state index is 12.1. The summed E-state index contributed by atoms with van der Waals surface area (Å²) in [6.45, 7) is 2.27. The van der Waals surface area contributed by atoms with Crippen molar-refractivity contribution >= 4 is 17.9 Å². The number of rotatable bonds is 7. The van der Waals surface area contributed by atoms with Crippen molar-refractivity contribution < 1.29 is 28.6 Å². The van der Waals surface area contributed by atoms with Gasteiger partial charge < -0.3 is 14.2 Å². The third-order valence-corrected chi connectivity index (χ3v) is 3.43. The predicted molar refractivity (Wildman–Crippen MR) is 93.6 cm³/mol. The molecule has 6 heteroatoms. The number of carbonyl (C=O) groups is 3. The summed E-state index contributed by atoms with van der Waals surface area (Å²) < 4.78 is 15.7. The Morgan fingerprint density at radius 1 is 0.769 bits per heavy atom. The molecule has 0 aliphatic rings. The van der Waals surface area contributed by atoms with Gasteiger partial charge in [0, 0.05) is 6.92 Å². The smallest absolute Gasteiger partial charge is 0.338 e. The molecule has 0 heterocycles. The van der Waals surface area contributed by atoms with Gasteiger partial charge in [0.15, 0.2) is 5.60 Å². The molecule has 2 rings (SSSR count). The number of hydrogen-bond donors (Lipinski definition) is 0. The fourth-order valence-corrected chi connectivity index (χ4v) is 2.20. The molecule has 0 atom stereocenters. The first kappa shape index (κ1) is 19.2. The molecule has 0 aliphatic carbocycles. The summed E-state index contributed by atoms with van der Waals surface area (Å²) in [6.07, 6.45) is 0. The van der Waals surface area contributed by atoms with E-state index in [-0.39, 0.29) is 13.2 Å². The number of carbonyl (C=O) groups excluding carboxylic acids is 3. The average molecular weight is 356 g/mol. The van der Waals surface area contributed by atoms with Crippen molar-refractivity contribution in [2.24, 2.45) is 0 Å². The van der Waals surface area contributed by atoms with Crippen LogP contribution >= 0.6 is 0 Å². The highest BCUT2D eigenvalue weighted by Crippen LogP contribution is 2.15. The standard InChI is InChI=1S/C20H20O6/c1-15(21)26-20(2,13-24-18(22)16-9-5-3-6-10-16)14-25-19(23)17-11-7-4-8-12-17/h3-12H,13-14H2,1-2H3. The van der Waals surface area contributed by atoms with E-state index in [4.69, 9.17) is 14.2 Å². The van der Waals surface area contributed by atoms with E-state index in [2.05, 4.69) is 0 Å². The van der Waals surface area contributed by atoms with Crippen LogP contribution in [-0.4, -0.2) is 36.7 Å². The molecule has 0 unspecified atom stereocenters. The van der Waals surface area contributed by atoms with E-state index in [1.807, 2.05) is 0 Å². The Labute approximate surface area is 151 Å². The Hall–Kier alpha value is -3.15. The topological polar surface area (TPSA) is 78.9 Å². The van der Waals surface area contributed by atoms with Crippen molar-refractivity contribution in [3.05, 3.63) is 71.8 Å². The number of ether oxygens (including phenoxy) is 3. The quantitative estimate of drug-likeness (QED) is 0.560. The Kier molecular flexibility index (Phi) is 6.49. The fourth-order valence-electron chi connectivity index (χ4n) is 2.20. The largest absolute Gasteiger partial charge is 0.458 e. The minimum absolute atomic E-state index is 0.248. The van der Waals surface area contributed by atoms with E-state index in [0.717, 1.165) is 0 Å². The van der Waals surface area contributed by atoms with Crippen LogP contribution in [0.5, 0.6) is 0 Å². The molecular formula is C20H20O6. The highest BCUT2D eigenvalue weighted by molar-refractivity contribution is 5.90. The fraction of sp³-hybridized carbons (Fsp3) is 0.250. The molecule has 0 amide bonds. The third kappa shape index (κ3) is 5.73. The molecule has 0 saturated heterocycles. The van der Waals surface area contributed by atoms with Gasteiger partial charge >= 0.3 is 17.9 Å². The van der Waals surface area contributed by atoms with Crippen molar-refractivity contribution in [3.8, 4) is 0 Å². The minimum atomic E-state index is -1.29. The van der Waals surface area contributed by atoms with Crippen molar-refractivity contribution in [3.63, 3.8) is 0 Å². The molecular weight excluding hydrogens is 336 g/mol. The van der Waals surface area contributed by atoms with Crippen LogP contribution in [0.15, 0.2) is 60.7 Å². The first-order chi connectivity index (χ1) is 12.4. The molecule has 26 heavy (non-hydrogen) atoms. The predicted octanol–water partition coefficient (Wildman–Crippen LogP) is 3.02. The Morgan fingerprint density at radius 2 is 1.15 bits per heavy atom. The van der Waals surface area contributed by atoms with Gasteiger partial charge in [-0.05, 0) is 31.2 Å². The molecule has 0 aromatic heterocycles. The van der Waals surface area contributed by atoms with E-state index < -0.39 is 23.5 Å². The van der Waals surface area contributed by atoms with Crippen molar-refractivity contribution in [2.75, 3.05) is 13.2 Å². The molecule has 2 aromatic carbocycles. The maximum absolute atomic E-state index is 12.1. The van der Waals surface area contributed by atoms with Gasteiger partial charge in [0.1, 0.15) is 13.2 Å². The zero-order valence-corrected chi connectivity index (χ0v) is 14.6. The van der Waals surface area contributed by atoms with Gasteiger partial charge in [0.05, 0.1) is 11.1 Å². The van der Waals surface area contributed by atoms with Crippen LogP contribution in [0.2, 0.25) is 0 Å². The molecule has 0 spiro atoms. The number of benzene rings is 2. The Balaban J connectivity index is 1.99. The van der Waals surface area contributed by atoms with Crippen LogP contribution in [0.1, 0.15) is 34.6 Å². The average Bonchev–Trinajstić information content (AvgIpc) is 2.65. The van der Waals surface area contributed by atoms with Gasteiger partial charge in [0.2, 0.25) is 0 Å². The molecule has 0 radical (unpaired) electrons. The monoisotopic (exact) mass is 356 g/mol. The summed E-state index contributed by atoms with van der Waals surface area (Å²) in [5, 5.41) is 0. The second-order valence-corrected chi connectivity index (χ2v) is 5.93. The summed E-state index contributed by atoms with van der Waals surface area (Å²) in [7, 11) is 0. The van der Waals surface area contributed by atoms with Crippen molar-refractivity contribution in [1.82, 2.24) is 0 Å². The third-order valence-electron chi connectivity index (χ3n) is 3.43. The molecule has 0 N–H and O–H groups in total. The lowest BCUT2D eigenvalue weighted by Gasteiger charge is -2.28. The normalized spacial score (nSPS) is 10.7. The van der Waals surface area contributed by atoms with E-state index in [9.17, 15) is 14.4 Å². The maximum Gasteiger partial charge on any atom is 0.338 e. The van der Waals surface area contributed by atoms with E-state index >= 15 is 0 Å². The lowest BCUT2D eigenvalue weighted by Crippen LogP contribution is -2.42. The second-order valence-electron chi connectivity index (χ2n) is 5.93. The number of esters is 3. The lowest BCUT2D eigenvalue weighted by atomic mass is 10.1.